The Balaban J connectivity index is 2.88. The fourth-order valence-corrected chi connectivity index (χ4v) is 1.89. The van der Waals surface area contributed by atoms with Gasteiger partial charge in [0.05, 0.1) is 5.69 Å². The predicted molar refractivity (Wildman–Crippen MR) is 78.1 cm³/mol. The number of nitrogens with one attached hydrogen (secondary N) is 1. The zero-order chi connectivity index (χ0) is 15.8. The first-order valence-corrected chi connectivity index (χ1v) is 7.17. The summed E-state index contributed by atoms with van der Waals surface area (Å²) in [4.78, 5) is 11.1. The first kappa shape index (κ1) is 17.4. The minimum atomic E-state index is -1.13. The molecule has 0 radical (unpaired) electrons. The Hall–Kier alpha value is -1.69. The van der Waals surface area contributed by atoms with Gasteiger partial charge in [-0.2, -0.15) is 0 Å². The van der Waals surface area contributed by atoms with Gasteiger partial charge in [0.15, 0.2) is 5.82 Å². The normalized spacial score (nSPS) is 12.2. The topological polar surface area (TPSA) is 64.3 Å². The van der Waals surface area contributed by atoms with E-state index in [1.54, 1.807) is 0 Å². The van der Waals surface area contributed by atoms with E-state index in [9.17, 15) is 13.6 Å². The van der Waals surface area contributed by atoms with Crippen LogP contribution in [0.15, 0.2) is 12.1 Å². The molecule has 0 aliphatic rings. The minimum Gasteiger partial charge on any atom is -0.365 e. The van der Waals surface area contributed by atoms with E-state index in [2.05, 4.69) is 5.32 Å². The van der Waals surface area contributed by atoms with Crippen molar-refractivity contribution < 1.29 is 18.3 Å². The van der Waals surface area contributed by atoms with Gasteiger partial charge in [0.2, 0.25) is 0 Å². The van der Waals surface area contributed by atoms with Gasteiger partial charge in [-0.25, -0.2) is 8.78 Å². The van der Waals surface area contributed by atoms with Gasteiger partial charge in [-0.3, -0.25) is 4.79 Å². The van der Waals surface area contributed by atoms with Crippen LogP contribution in [-0.4, -0.2) is 18.7 Å². The second kappa shape index (κ2) is 8.56. The number of carbonyl (C=O) groups is 1. The SMILES string of the molecule is CCCCOC(CCC)Nc1ccc(F)c(C(N)=O)c1F. The average Bonchev–Trinajstić information content (AvgIpc) is 2.42. The van der Waals surface area contributed by atoms with Crippen LogP contribution in [0.5, 0.6) is 0 Å². The van der Waals surface area contributed by atoms with E-state index >= 15 is 0 Å². The summed E-state index contributed by atoms with van der Waals surface area (Å²) in [6, 6.07) is 2.25. The van der Waals surface area contributed by atoms with Crippen molar-refractivity contribution in [2.45, 2.75) is 45.8 Å². The Morgan fingerprint density at radius 2 is 2.05 bits per heavy atom. The zero-order valence-corrected chi connectivity index (χ0v) is 12.4. The van der Waals surface area contributed by atoms with Crippen molar-refractivity contribution in [1.82, 2.24) is 0 Å². The Bertz CT molecular complexity index is 481. The van der Waals surface area contributed by atoms with Crippen LogP contribution in [0.1, 0.15) is 49.9 Å². The van der Waals surface area contributed by atoms with Crippen molar-refractivity contribution in [2.24, 2.45) is 5.73 Å². The molecule has 1 unspecified atom stereocenters. The first-order valence-electron chi connectivity index (χ1n) is 7.17. The quantitative estimate of drug-likeness (QED) is 0.542. The van der Waals surface area contributed by atoms with Crippen LogP contribution in [-0.2, 0) is 4.74 Å². The number of halogens is 2. The molecule has 0 bridgehead atoms. The minimum absolute atomic E-state index is 0.0140. The van der Waals surface area contributed by atoms with Crippen molar-refractivity contribution in [3.63, 3.8) is 0 Å². The van der Waals surface area contributed by atoms with E-state index in [4.69, 9.17) is 10.5 Å². The molecule has 0 aromatic heterocycles. The lowest BCUT2D eigenvalue weighted by Gasteiger charge is -2.21. The van der Waals surface area contributed by atoms with Crippen molar-refractivity contribution in [1.29, 1.82) is 0 Å². The largest absolute Gasteiger partial charge is 0.365 e. The van der Waals surface area contributed by atoms with Gasteiger partial charge in [-0.15, -0.1) is 0 Å². The summed E-state index contributed by atoms with van der Waals surface area (Å²) in [5, 5.41) is 2.86. The molecule has 0 saturated carbocycles. The highest BCUT2D eigenvalue weighted by Crippen LogP contribution is 2.22. The fourth-order valence-electron chi connectivity index (χ4n) is 1.89. The van der Waals surface area contributed by atoms with E-state index < -0.39 is 23.1 Å². The molecule has 6 heteroatoms. The highest BCUT2D eigenvalue weighted by Gasteiger charge is 2.20. The smallest absolute Gasteiger partial charge is 0.254 e. The first-order chi connectivity index (χ1) is 10.0. The van der Waals surface area contributed by atoms with Crippen LogP contribution in [0.2, 0.25) is 0 Å². The maximum absolute atomic E-state index is 14.1. The Morgan fingerprint density at radius 3 is 2.62 bits per heavy atom. The molecule has 1 atom stereocenters. The van der Waals surface area contributed by atoms with E-state index in [1.807, 2.05) is 13.8 Å². The number of amides is 1. The van der Waals surface area contributed by atoms with Gasteiger partial charge < -0.3 is 15.8 Å². The van der Waals surface area contributed by atoms with Crippen LogP contribution in [0.3, 0.4) is 0 Å². The summed E-state index contributed by atoms with van der Waals surface area (Å²) in [7, 11) is 0. The van der Waals surface area contributed by atoms with Crippen molar-refractivity contribution in [3.05, 3.63) is 29.3 Å². The number of anilines is 1. The van der Waals surface area contributed by atoms with E-state index in [0.717, 1.165) is 25.3 Å². The van der Waals surface area contributed by atoms with Gasteiger partial charge in [0.1, 0.15) is 17.6 Å². The molecule has 0 spiro atoms. The molecular weight excluding hydrogens is 278 g/mol. The summed E-state index contributed by atoms with van der Waals surface area (Å²) in [5.41, 5.74) is 4.28. The standard InChI is InChI=1S/C15H22F2N2O2/c1-3-5-9-21-12(6-4-2)19-11-8-7-10(16)13(14(11)17)15(18)20/h7-8,12,19H,3-6,9H2,1-2H3,(H2,18,20). The van der Waals surface area contributed by atoms with Crippen LogP contribution in [0.4, 0.5) is 14.5 Å². The fraction of sp³-hybridized carbons (Fsp3) is 0.533. The maximum Gasteiger partial charge on any atom is 0.254 e. The summed E-state index contributed by atoms with van der Waals surface area (Å²) in [6.07, 6.45) is 3.03. The molecular formula is C15H22F2N2O2. The number of primary amides is 1. The molecule has 0 heterocycles. The monoisotopic (exact) mass is 300 g/mol. The third-order valence-corrected chi connectivity index (χ3v) is 3.02. The van der Waals surface area contributed by atoms with Gasteiger partial charge in [-0.1, -0.05) is 26.7 Å². The lowest BCUT2D eigenvalue weighted by molar-refractivity contribution is 0.0637. The Labute approximate surface area is 123 Å². The highest BCUT2D eigenvalue weighted by atomic mass is 19.1. The molecule has 1 amide bonds. The molecule has 21 heavy (non-hydrogen) atoms. The molecule has 0 aliphatic carbocycles. The van der Waals surface area contributed by atoms with Crippen molar-refractivity contribution in [2.75, 3.05) is 11.9 Å². The summed E-state index contributed by atoms with van der Waals surface area (Å²) >= 11 is 0. The summed E-state index contributed by atoms with van der Waals surface area (Å²) in [6.45, 7) is 4.58. The van der Waals surface area contributed by atoms with Gasteiger partial charge in [0.25, 0.3) is 5.91 Å². The molecule has 1 rings (SSSR count). The van der Waals surface area contributed by atoms with Crippen LogP contribution in [0.25, 0.3) is 0 Å². The van der Waals surface area contributed by atoms with Crippen LogP contribution >= 0.6 is 0 Å². The number of hydrogen-bond donors (Lipinski definition) is 2. The number of rotatable bonds is 9. The lowest BCUT2D eigenvalue weighted by atomic mass is 10.1. The third-order valence-electron chi connectivity index (χ3n) is 3.02. The van der Waals surface area contributed by atoms with E-state index in [0.29, 0.717) is 13.0 Å². The average molecular weight is 300 g/mol. The van der Waals surface area contributed by atoms with E-state index in [1.165, 1.54) is 6.07 Å². The second-order valence-electron chi connectivity index (χ2n) is 4.79. The van der Waals surface area contributed by atoms with Crippen LogP contribution in [0, 0.1) is 11.6 Å². The lowest BCUT2D eigenvalue weighted by Crippen LogP contribution is -2.25. The maximum atomic E-state index is 14.1. The van der Waals surface area contributed by atoms with Crippen molar-refractivity contribution in [3.8, 4) is 0 Å². The summed E-state index contributed by atoms with van der Waals surface area (Å²) < 4.78 is 33.2. The number of ether oxygens (including phenoxy) is 1. The molecule has 0 fully saturated rings. The summed E-state index contributed by atoms with van der Waals surface area (Å²) in [5.74, 6) is -3.08. The van der Waals surface area contributed by atoms with Crippen molar-refractivity contribution >= 4 is 11.6 Å². The second-order valence-corrected chi connectivity index (χ2v) is 4.79. The molecule has 1 aromatic rings. The molecule has 0 aliphatic heterocycles. The molecule has 4 nitrogen and oxygen atoms in total. The van der Waals surface area contributed by atoms with Crippen LogP contribution < -0.4 is 11.1 Å². The van der Waals surface area contributed by atoms with Gasteiger partial charge >= 0.3 is 0 Å². The van der Waals surface area contributed by atoms with E-state index in [-0.39, 0.29) is 11.9 Å². The number of unbranched alkanes of at least 4 members (excludes halogenated alkanes) is 1. The number of benzene rings is 1. The third kappa shape index (κ3) is 4.97. The number of nitrogens with two attached hydrogens (primary N) is 1. The van der Waals surface area contributed by atoms with Gasteiger partial charge in [-0.05, 0) is 25.0 Å². The number of carbonyl (C=O) groups excluding carboxylic acids is 1. The Kier molecular flexibility index (Phi) is 7.08. The molecule has 1 aromatic carbocycles. The highest BCUT2D eigenvalue weighted by molar-refractivity contribution is 5.94. The predicted octanol–water partition coefficient (Wildman–Crippen LogP) is 3.42. The van der Waals surface area contributed by atoms with Gasteiger partial charge in [0, 0.05) is 6.61 Å². The molecule has 118 valence electrons. The Morgan fingerprint density at radius 1 is 1.33 bits per heavy atom. The molecule has 0 saturated heterocycles. The molecule has 3 N–H and O–H groups in total. The number of hydrogen-bond acceptors (Lipinski definition) is 3. The zero-order valence-electron chi connectivity index (χ0n) is 12.4.